The zero-order chi connectivity index (χ0) is 19.6. The number of methoxy groups -OCH3 is 2. The number of aliphatic carboxylic acids is 1. The molecule has 1 aromatic rings. The van der Waals surface area contributed by atoms with Crippen LogP contribution in [0.25, 0.3) is 0 Å². The summed E-state index contributed by atoms with van der Waals surface area (Å²) in [5, 5.41) is 9.58. The number of hydrogen-bond donors (Lipinski definition) is 1. The second kappa shape index (κ2) is 8.00. The Labute approximate surface area is 157 Å². The van der Waals surface area contributed by atoms with Crippen molar-refractivity contribution in [2.75, 3.05) is 20.8 Å². The Bertz CT molecular complexity index is 745. The normalized spacial score (nSPS) is 23.4. The molecule has 27 heavy (non-hydrogen) atoms. The van der Waals surface area contributed by atoms with Gasteiger partial charge < -0.3 is 24.1 Å². The molecule has 7 heteroatoms. The van der Waals surface area contributed by atoms with Crippen molar-refractivity contribution < 1.29 is 33.6 Å². The van der Waals surface area contributed by atoms with Crippen LogP contribution in [0.5, 0.6) is 11.5 Å². The SMILES string of the molecule is CCOC(=O)C1=C(C(=O)O)C2OC1CC2CCc1cc(OC)cc(OC)c1. The van der Waals surface area contributed by atoms with Crippen molar-refractivity contribution in [3.05, 3.63) is 34.9 Å². The molecule has 3 rings (SSSR count). The standard InChI is InChI=1S/C20H24O7/c1-4-26-20(23)16-15-9-12(18(27-15)17(16)19(21)22)6-5-11-7-13(24-2)10-14(8-11)25-3/h7-8,10,12,15,18H,4-6,9H2,1-3H3,(H,21,22). The largest absolute Gasteiger partial charge is 0.497 e. The third-order valence-electron chi connectivity index (χ3n) is 5.09. The van der Waals surface area contributed by atoms with Gasteiger partial charge in [-0.15, -0.1) is 0 Å². The summed E-state index contributed by atoms with van der Waals surface area (Å²) in [7, 11) is 3.20. The Balaban J connectivity index is 1.74. The number of carbonyl (C=O) groups excluding carboxylic acids is 1. The van der Waals surface area contributed by atoms with Crippen molar-refractivity contribution in [3.8, 4) is 11.5 Å². The third kappa shape index (κ3) is 3.78. The summed E-state index contributed by atoms with van der Waals surface area (Å²) < 4.78 is 21.4. The highest BCUT2D eigenvalue weighted by Crippen LogP contribution is 2.45. The first-order valence-corrected chi connectivity index (χ1v) is 9.00. The predicted molar refractivity (Wildman–Crippen MR) is 95.9 cm³/mol. The van der Waals surface area contributed by atoms with Gasteiger partial charge in [0.15, 0.2) is 0 Å². The highest BCUT2D eigenvalue weighted by atomic mass is 16.5. The highest BCUT2D eigenvalue weighted by Gasteiger charge is 2.51. The Morgan fingerprint density at radius 1 is 1.15 bits per heavy atom. The van der Waals surface area contributed by atoms with E-state index in [2.05, 4.69) is 0 Å². The number of rotatable bonds is 8. The summed E-state index contributed by atoms with van der Waals surface area (Å²) in [5.41, 5.74) is 1.27. The quantitative estimate of drug-likeness (QED) is 0.697. The minimum atomic E-state index is -1.11. The van der Waals surface area contributed by atoms with E-state index in [9.17, 15) is 14.7 Å². The lowest BCUT2D eigenvalue weighted by atomic mass is 9.81. The zero-order valence-corrected chi connectivity index (χ0v) is 15.7. The molecule has 0 aromatic heterocycles. The minimum Gasteiger partial charge on any atom is -0.497 e. The first kappa shape index (κ1) is 19.2. The molecule has 7 nitrogen and oxygen atoms in total. The number of esters is 1. The number of hydrogen-bond acceptors (Lipinski definition) is 6. The van der Waals surface area contributed by atoms with E-state index in [0.717, 1.165) is 18.4 Å². The molecule has 0 spiro atoms. The lowest BCUT2D eigenvalue weighted by Gasteiger charge is -2.21. The van der Waals surface area contributed by atoms with Gasteiger partial charge in [0.2, 0.25) is 0 Å². The summed E-state index contributed by atoms with van der Waals surface area (Å²) in [6.07, 6.45) is 1.03. The molecule has 2 aliphatic heterocycles. The molecule has 0 amide bonds. The number of fused-ring (bicyclic) bond motifs is 2. The molecular weight excluding hydrogens is 352 g/mol. The highest BCUT2D eigenvalue weighted by molar-refractivity contribution is 6.02. The first-order valence-electron chi connectivity index (χ1n) is 9.00. The average Bonchev–Trinajstić information content (AvgIpc) is 3.24. The molecule has 146 valence electrons. The van der Waals surface area contributed by atoms with Gasteiger partial charge in [-0.05, 0) is 49.8 Å². The molecule has 2 aliphatic rings. The van der Waals surface area contributed by atoms with Crippen LogP contribution in [-0.4, -0.2) is 50.1 Å². The molecule has 0 aliphatic carbocycles. The van der Waals surface area contributed by atoms with Crippen LogP contribution in [0.3, 0.4) is 0 Å². The predicted octanol–water partition coefficient (Wildman–Crippen LogP) is 2.37. The summed E-state index contributed by atoms with van der Waals surface area (Å²) in [6.45, 7) is 1.89. The number of carboxylic acid groups (broad SMARTS) is 1. The van der Waals surface area contributed by atoms with Crippen LogP contribution < -0.4 is 9.47 Å². The van der Waals surface area contributed by atoms with Gasteiger partial charge in [-0.1, -0.05) is 0 Å². The van der Waals surface area contributed by atoms with Gasteiger partial charge in [0.05, 0.1) is 44.2 Å². The van der Waals surface area contributed by atoms with Crippen molar-refractivity contribution in [1.29, 1.82) is 0 Å². The van der Waals surface area contributed by atoms with E-state index >= 15 is 0 Å². The molecule has 1 saturated heterocycles. The molecule has 1 aromatic carbocycles. The fourth-order valence-electron chi connectivity index (χ4n) is 3.88. The smallest absolute Gasteiger partial charge is 0.337 e. The maximum atomic E-state index is 12.1. The summed E-state index contributed by atoms with van der Waals surface area (Å²) >= 11 is 0. The van der Waals surface area contributed by atoms with Crippen molar-refractivity contribution in [1.82, 2.24) is 0 Å². The Kier molecular flexibility index (Phi) is 5.70. The summed E-state index contributed by atoms with van der Waals surface area (Å²) in [6, 6.07) is 5.68. The minimum absolute atomic E-state index is 0.0384. The monoisotopic (exact) mass is 376 g/mol. The number of aryl methyl sites for hydroxylation is 1. The molecule has 1 N–H and O–H groups in total. The van der Waals surface area contributed by atoms with Crippen LogP contribution in [0.15, 0.2) is 29.3 Å². The number of ether oxygens (including phenoxy) is 4. The first-order chi connectivity index (χ1) is 13.0. The van der Waals surface area contributed by atoms with Crippen molar-refractivity contribution >= 4 is 11.9 Å². The molecule has 3 unspecified atom stereocenters. The molecule has 2 bridgehead atoms. The summed E-state index contributed by atoms with van der Waals surface area (Å²) in [4.78, 5) is 23.8. The van der Waals surface area contributed by atoms with Crippen LogP contribution in [0, 0.1) is 5.92 Å². The molecular formula is C20H24O7. The molecule has 2 heterocycles. The fourth-order valence-corrected chi connectivity index (χ4v) is 3.88. The lowest BCUT2D eigenvalue weighted by Crippen LogP contribution is -2.28. The molecule has 0 saturated carbocycles. The van der Waals surface area contributed by atoms with Gasteiger partial charge in [0.25, 0.3) is 0 Å². The van der Waals surface area contributed by atoms with Gasteiger partial charge in [-0.2, -0.15) is 0 Å². The van der Waals surface area contributed by atoms with Gasteiger partial charge >= 0.3 is 11.9 Å². The van der Waals surface area contributed by atoms with Crippen LogP contribution in [0.4, 0.5) is 0 Å². The van der Waals surface area contributed by atoms with Crippen molar-refractivity contribution in [2.24, 2.45) is 5.92 Å². The van der Waals surface area contributed by atoms with E-state index in [1.807, 2.05) is 12.1 Å². The van der Waals surface area contributed by atoms with Crippen molar-refractivity contribution in [3.63, 3.8) is 0 Å². The van der Waals surface area contributed by atoms with Crippen molar-refractivity contribution in [2.45, 2.75) is 38.4 Å². The fraction of sp³-hybridized carbons (Fsp3) is 0.500. The van der Waals surface area contributed by atoms with Crippen LogP contribution >= 0.6 is 0 Å². The number of carbonyl (C=O) groups is 2. The van der Waals surface area contributed by atoms with Gasteiger partial charge in [0, 0.05) is 6.07 Å². The average molecular weight is 376 g/mol. The van der Waals surface area contributed by atoms with Gasteiger partial charge in [0.1, 0.15) is 11.5 Å². The topological polar surface area (TPSA) is 91.3 Å². The second-order valence-electron chi connectivity index (χ2n) is 6.65. The van der Waals surface area contributed by atoms with E-state index in [4.69, 9.17) is 18.9 Å². The van der Waals surface area contributed by atoms with Crippen LogP contribution in [-0.2, 0) is 25.5 Å². The Morgan fingerprint density at radius 2 is 1.81 bits per heavy atom. The maximum absolute atomic E-state index is 12.1. The van der Waals surface area contributed by atoms with E-state index in [-0.39, 0.29) is 23.7 Å². The number of benzene rings is 1. The van der Waals surface area contributed by atoms with Gasteiger partial charge in [-0.25, -0.2) is 9.59 Å². The van der Waals surface area contributed by atoms with E-state index in [1.54, 1.807) is 27.2 Å². The van der Waals surface area contributed by atoms with Crippen LogP contribution in [0.1, 0.15) is 25.3 Å². The number of carboxylic acids is 1. The van der Waals surface area contributed by atoms with E-state index < -0.39 is 24.1 Å². The van der Waals surface area contributed by atoms with E-state index in [1.165, 1.54) is 0 Å². The lowest BCUT2D eigenvalue weighted by molar-refractivity contribution is -0.140. The van der Waals surface area contributed by atoms with Gasteiger partial charge in [-0.3, -0.25) is 0 Å². The second-order valence-corrected chi connectivity index (χ2v) is 6.65. The third-order valence-corrected chi connectivity index (χ3v) is 5.09. The van der Waals surface area contributed by atoms with Crippen LogP contribution in [0.2, 0.25) is 0 Å². The molecule has 1 fully saturated rings. The maximum Gasteiger partial charge on any atom is 0.337 e. The molecule has 0 radical (unpaired) electrons. The Hall–Kier alpha value is -2.54. The zero-order valence-electron chi connectivity index (χ0n) is 15.7. The summed E-state index contributed by atoms with van der Waals surface area (Å²) in [5.74, 6) is -0.235. The van der Waals surface area contributed by atoms with E-state index in [0.29, 0.717) is 17.9 Å². The molecule has 3 atom stereocenters. The Morgan fingerprint density at radius 3 is 2.37 bits per heavy atom.